The second-order valence-corrected chi connectivity index (χ2v) is 4.70. The summed E-state index contributed by atoms with van der Waals surface area (Å²) in [6, 6.07) is 0.458. The van der Waals surface area contributed by atoms with Gasteiger partial charge in [0, 0.05) is 19.4 Å². The van der Waals surface area contributed by atoms with Gasteiger partial charge in [0.2, 0.25) is 0 Å². The molecule has 1 heterocycles. The molecular weight excluding hydrogens is 186 g/mol. The van der Waals surface area contributed by atoms with Gasteiger partial charge in [-0.2, -0.15) is 0 Å². The van der Waals surface area contributed by atoms with Gasteiger partial charge in [0.1, 0.15) is 5.82 Å². The van der Waals surface area contributed by atoms with E-state index < -0.39 is 0 Å². The first-order chi connectivity index (χ1) is 7.24. The van der Waals surface area contributed by atoms with Crippen molar-refractivity contribution in [2.75, 3.05) is 6.54 Å². The summed E-state index contributed by atoms with van der Waals surface area (Å²) in [6.07, 6.45) is 6.45. The molecule has 3 unspecified atom stereocenters. The van der Waals surface area contributed by atoms with Crippen molar-refractivity contribution in [1.29, 1.82) is 0 Å². The van der Waals surface area contributed by atoms with Gasteiger partial charge in [-0.05, 0) is 31.2 Å². The Hall–Kier alpha value is -0.830. The van der Waals surface area contributed by atoms with Crippen LogP contribution >= 0.6 is 0 Å². The molecular formula is C12H21N3. The molecule has 0 bridgehead atoms. The number of hydrogen-bond acceptors (Lipinski definition) is 2. The Bertz CT molecular complexity index is 318. The van der Waals surface area contributed by atoms with Crippen molar-refractivity contribution in [3.63, 3.8) is 0 Å². The molecule has 3 nitrogen and oxygen atoms in total. The fourth-order valence-electron chi connectivity index (χ4n) is 2.23. The molecule has 84 valence electrons. The highest BCUT2D eigenvalue weighted by Crippen LogP contribution is 2.46. The molecule has 1 N–H and O–H groups in total. The molecule has 1 aliphatic carbocycles. The minimum atomic E-state index is 0.458. The first-order valence-electron chi connectivity index (χ1n) is 5.94. The summed E-state index contributed by atoms with van der Waals surface area (Å²) in [5.41, 5.74) is 0. The lowest BCUT2D eigenvalue weighted by molar-refractivity contribution is 0.432. The maximum absolute atomic E-state index is 4.47. The molecule has 0 saturated heterocycles. The topological polar surface area (TPSA) is 29.9 Å². The summed E-state index contributed by atoms with van der Waals surface area (Å²) in [7, 11) is 2.08. The van der Waals surface area contributed by atoms with E-state index in [-0.39, 0.29) is 0 Å². The molecule has 2 rings (SSSR count). The Balaban J connectivity index is 2.08. The normalized spacial score (nSPS) is 26.6. The van der Waals surface area contributed by atoms with Gasteiger partial charge in [0.25, 0.3) is 0 Å². The molecule has 1 aliphatic rings. The fourth-order valence-corrected chi connectivity index (χ4v) is 2.23. The van der Waals surface area contributed by atoms with Crippen LogP contribution in [0.15, 0.2) is 12.4 Å². The predicted octanol–water partition coefficient (Wildman–Crippen LogP) is 2.12. The third kappa shape index (κ3) is 2.23. The summed E-state index contributed by atoms with van der Waals surface area (Å²) in [5, 5.41) is 3.62. The van der Waals surface area contributed by atoms with Crippen LogP contribution in [0, 0.1) is 11.8 Å². The van der Waals surface area contributed by atoms with Gasteiger partial charge in [-0.15, -0.1) is 0 Å². The average Bonchev–Trinajstić information content (AvgIpc) is 2.77. The summed E-state index contributed by atoms with van der Waals surface area (Å²) in [5.74, 6) is 2.84. The number of aromatic nitrogens is 2. The van der Waals surface area contributed by atoms with Gasteiger partial charge < -0.3 is 9.88 Å². The largest absolute Gasteiger partial charge is 0.337 e. The molecule has 0 radical (unpaired) electrons. The Morgan fingerprint density at radius 1 is 1.67 bits per heavy atom. The lowest BCUT2D eigenvalue weighted by atomic mass is 10.1. The predicted molar refractivity (Wildman–Crippen MR) is 61.5 cm³/mol. The van der Waals surface area contributed by atoms with E-state index in [0.29, 0.717) is 6.04 Å². The van der Waals surface area contributed by atoms with Crippen LogP contribution in [-0.4, -0.2) is 16.1 Å². The van der Waals surface area contributed by atoms with Crippen molar-refractivity contribution < 1.29 is 0 Å². The first kappa shape index (κ1) is 10.7. The zero-order chi connectivity index (χ0) is 10.8. The summed E-state index contributed by atoms with van der Waals surface area (Å²) < 4.78 is 2.14. The number of nitrogens with zero attached hydrogens (tertiary/aromatic N) is 2. The molecule has 1 aromatic heterocycles. The van der Waals surface area contributed by atoms with Crippen molar-refractivity contribution >= 4 is 0 Å². The zero-order valence-electron chi connectivity index (χ0n) is 9.90. The van der Waals surface area contributed by atoms with Crippen molar-refractivity contribution in [3.05, 3.63) is 18.2 Å². The SMILES string of the molecule is CCCNC(c1nccn1C)C1CC1C. The Morgan fingerprint density at radius 3 is 2.87 bits per heavy atom. The lowest BCUT2D eigenvalue weighted by Gasteiger charge is -2.18. The summed E-state index contributed by atoms with van der Waals surface area (Å²) >= 11 is 0. The highest BCUT2D eigenvalue weighted by molar-refractivity contribution is 5.06. The maximum Gasteiger partial charge on any atom is 0.125 e. The number of hydrogen-bond donors (Lipinski definition) is 1. The van der Waals surface area contributed by atoms with Crippen LogP contribution in [0.3, 0.4) is 0 Å². The van der Waals surface area contributed by atoms with Crippen LogP contribution in [0.4, 0.5) is 0 Å². The molecule has 0 amide bonds. The molecule has 1 aromatic rings. The number of imidazole rings is 1. The van der Waals surface area contributed by atoms with E-state index in [0.717, 1.165) is 18.4 Å². The van der Waals surface area contributed by atoms with Crippen LogP contribution in [-0.2, 0) is 7.05 Å². The molecule has 0 aromatic carbocycles. The van der Waals surface area contributed by atoms with Crippen molar-refractivity contribution in [3.8, 4) is 0 Å². The van der Waals surface area contributed by atoms with Gasteiger partial charge in [-0.3, -0.25) is 0 Å². The number of rotatable bonds is 5. The number of aryl methyl sites for hydroxylation is 1. The van der Waals surface area contributed by atoms with Crippen LogP contribution in [0.25, 0.3) is 0 Å². The second-order valence-electron chi connectivity index (χ2n) is 4.70. The third-order valence-corrected chi connectivity index (χ3v) is 3.35. The first-order valence-corrected chi connectivity index (χ1v) is 5.94. The highest BCUT2D eigenvalue weighted by atomic mass is 15.1. The van der Waals surface area contributed by atoms with Crippen LogP contribution in [0.5, 0.6) is 0 Å². The minimum absolute atomic E-state index is 0.458. The molecule has 1 fully saturated rings. The zero-order valence-corrected chi connectivity index (χ0v) is 9.90. The Morgan fingerprint density at radius 2 is 2.40 bits per heavy atom. The lowest BCUT2D eigenvalue weighted by Crippen LogP contribution is -2.26. The molecule has 3 heteroatoms. The minimum Gasteiger partial charge on any atom is -0.337 e. The molecule has 0 spiro atoms. The quantitative estimate of drug-likeness (QED) is 0.801. The highest BCUT2D eigenvalue weighted by Gasteiger charge is 2.41. The molecule has 0 aliphatic heterocycles. The Labute approximate surface area is 91.9 Å². The van der Waals surface area contributed by atoms with E-state index >= 15 is 0 Å². The maximum atomic E-state index is 4.47. The van der Waals surface area contributed by atoms with Gasteiger partial charge in [-0.25, -0.2) is 4.98 Å². The van der Waals surface area contributed by atoms with Crippen molar-refractivity contribution in [1.82, 2.24) is 14.9 Å². The van der Waals surface area contributed by atoms with Gasteiger partial charge in [0.05, 0.1) is 6.04 Å². The van der Waals surface area contributed by atoms with Crippen molar-refractivity contribution in [2.45, 2.75) is 32.7 Å². The van der Waals surface area contributed by atoms with Crippen molar-refractivity contribution in [2.24, 2.45) is 18.9 Å². The van der Waals surface area contributed by atoms with E-state index in [1.807, 2.05) is 12.4 Å². The van der Waals surface area contributed by atoms with E-state index in [1.54, 1.807) is 0 Å². The standard InChI is InChI=1S/C12H21N3/c1-4-5-13-11(10-8-9(10)2)12-14-6-7-15(12)3/h6-7,9-11,13H,4-5,8H2,1-3H3. The van der Waals surface area contributed by atoms with Gasteiger partial charge >= 0.3 is 0 Å². The van der Waals surface area contributed by atoms with Gasteiger partial charge in [-0.1, -0.05) is 13.8 Å². The fraction of sp³-hybridized carbons (Fsp3) is 0.750. The van der Waals surface area contributed by atoms with Crippen LogP contribution < -0.4 is 5.32 Å². The van der Waals surface area contributed by atoms with Gasteiger partial charge in [0.15, 0.2) is 0 Å². The smallest absolute Gasteiger partial charge is 0.125 e. The van der Waals surface area contributed by atoms with E-state index in [4.69, 9.17) is 0 Å². The van der Waals surface area contributed by atoms with E-state index in [9.17, 15) is 0 Å². The van der Waals surface area contributed by atoms with Crippen LogP contribution in [0.1, 0.15) is 38.6 Å². The summed E-state index contributed by atoms with van der Waals surface area (Å²) in [4.78, 5) is 4.47. The molecule has 1 saturated carbocycles. The summed E-state index contributed by atoms with van der Waals surface area (Å²) in [6.45, 7) is 5.62. The van der Waals surface area contributed by atoms with E-state index in [2.05, 4.69) is 35.8 Å². The average molecular weight is 207 g/mol. The monoisotopic (exact) mass is 207 g/mol. The number of nitrogens with one attached hydrogen (secondary N) is 1. The van der Waals surface area contributed by atoms with Crippen LogP contribution in [0.2, 0.25) is 0 Å². The molecule has 3 atom stereocenters. The second kappa shape index (κ2) is 4.35. The molecule has 15 heavy (non-hydrogen) atoms. The third-order valence-electron chi connectivity index (χ3n) is 3.35. The van der Waals surface area contributed by atoms with E-state index in [1.165, 1.54) is 18.7 Å². The Kier molecular flexibility index (Phi) is 3.10.